The van der Waals surface area contributed by atoms with Crippen LogP contribution in [-0.2, 0) is 4.74 Å². The van der Waals surface area contributed by atoms with Crippen molar-refractivity contribution >= 4 is 11.9 Å². The Labute approximate surface area is 122 Å². The molecule has 2 saturated carbocycles. The standard InChI is InChI=1S/C15H18N2O4/c1-21-13-7-2-9-6-17(12(13)10(9)3-7)14(18)8-4-11(15(19)20)16-5-8/h4-5,7,9-10,12-13,16H,2-3,6H2,1H3,(H,19,20). The van der Waals surface area contributed by atoms with Crippen LogP contribution in [0.5, 0.6) is 0 Å². The van der Waals surface area contributed by atoms with Crippen molar-refractivity contribution in [2.45, 2.75) is 25.0 Å². The van der Waals surface area contributed by atoms with Gasteiger partial charge in [-0.1, -0.05) is 0 Å². The molecule has 4 rings (SSSR count). The van der Waals surface area contributed by atoms with Crippen LogP contribution in [-0.4, -0.2) is 52.7 Å². The van der Waals surface area contributed by atoms with Gasteiger partial charge in [0.1, 0.15) is 5.69 Å². The van der Waals surface area contributed by atoms with Gasteiger partial charge in [0.25, 0.3) is 5.91 Å². The lowest BCUT2D eigenvalue weighted by atomic mass is 9.88. The first kappa shape index (κ1) is 12.9. The van der Waals surface area contributed by atoms with Crippen molar-refractivity contribution in [1.29, 1.82) is 0 Å². The van der Waals surface area contributed by atoms with E-state index in [1.165, 1.54) is 12.3 Å². The number of carboxylic acids is 1. The Bertz CT molecular complexity index is 609. The van der Waals surface area contributed by atoms with E-state index in [4.69, 9.17) is 9.84 Å². The summed E-state index contributed by atoms with van der Waals surface area (Å²) in [7, 11) is 1.72. The average molecular weight is 290 g/mol. The monoisotopic (exact) mass is 290 g/mol. The number of nitrogens with zero attached hydrogens (tertiary/aromatic N) is 1. The minimum absolute atomic E-state index is 0.0492. The molecule has 112 valence electrons. The van der Waals surface area contributed by atoms with Crippen molar-refractivity contribution < 1.29 is 19.4 Å². The number of carboxylic acid groups (broad SMARTS) is 1. The first-order valence-electron chi connectivity index (χ1n) is 7.35. The fourth-order valence-corrected chi connectivity index (χ4v) is 4.76. The van der Waals surface area contributed by atoms with Crippen LogP contribution in [0, 0.1) is 17.8 Å². The van der Waals surface area contributed by atoms with Crippen LogP contribution < -0.4 is 0 Å². The van der Waals surface area contributed by atoms with Crippen molar-refractivity contribution in [3.8, 4) is 0 Å². The predicted molar refractivity (Wildman–Crippen MR) is 73.1 cm³/mol. The number of rotatable bonds is 3. The molecule has 5 atom stereocenters. The van der Waals surface area contributed by atoms with Gasteiger partial charge in [-0.05, 0) is 36.7 Å². The average Bonchev–Trinajstić information content (AvgIpc) is 3.15. The number of hydrogen-bond donors (Lipinski definition) is 2. The third-order valence-electron chi connectivity index (χ3n) is 5.51. The summed E-state index contributed by atoms with van der Waals surface area (Å²) in [6, 6.07) is 1.58. The largest absolute Gasteiger partial charge is 0.477 e. The van der Waals surface area contributed by atoms with Gasteiger partial charge in [-0.15, -0.1) is 0 Å². The fourth-order valence-electron chi connectivity index (χ4n) is 4.76. The van der Waals surface area contributed by atoms with Crippen LogP contribution >= 0.6 is 0 Å². The molecule has 3 fully saturated rings. The maximum Gasteiger partial charge on any atom is 0.352 e. The number of nitrogens with one attached hydrogen (secondary N) is 1. The van der Waals surface area contributed by atoms with Gasteiger partial charge in [0.15, 0.2) is 0 Å². The summed E-state index contributed by atoms with van der Waals surface area (Å²) in [4.78, 5) is 28.2. The number of likely N-dealkylation sites (tertiary alicyclic amines) is 1. The maximum absolute atomic E-state index is 12.7. The van der Waals surface area contributed by atoms with E-state index < -0.39 is 5.97 Å². The molecule has 2 heterocycles. The molecule has 21 heavy (non-hydrogen) atoms. The summed E-state index contributed by atoms with van der Waals surface area (Å²) >= 11 is 0. The Balaban J connectivity index is 1.61. The van der Waals surface area contributed by atoms with Crippen LogP contribution in [0.4, 0.5) is 0 Å². The third-order valence-corrected chi connectivity index (χ3v) is 5.51. The second kappa shape index (κ2) is 4.34. The summed E-state index contributed by atoms with van der Waals surface area (Å²) in [6.07, 6.45) is 3.93. The summed E-state index contributed by atoms with van der Waals surface area (Å²) in [5.41, 5.74) is 0.472. The van der Waals surface area contributed by atoms with Gasteiger partial charge < -0.3 is 19.7 Å². The summed E-state index contributed by atoms with van der Waals surface area (Å²) in [6.45, 7) is 0.776. The SMILES string of the molecule is COC1C2CC3CN(C(=O)c4c[nH]c(C(=O)O)c4)C1C3C2. The number of fused-ring (bicyclic) bond motifs is 1. The Morgan fingerprint density at radius 3 is 2.86 bits per heavy atom. The van der Waals surface area contributed by atoms with Gasteiger partial charge in [0, 0.05) is 19.9 Å². The number of carbonyl (C=O) groups excluding carboxylic acids is 1. The summed E-state index contributed by atoms with van der Waals surface area (Å²) < 4.78 is 5.64. The fraction of sp³-hybridized carbons (Fsp3) is 0.600. The lowest BCUT2D eigenvalue weighted by molar-refractivity contribution is 0.0112. The van der Waals surface area contributed by atoms with Crippen LogP contribution in [0.15, 0.2) is 12.3 Å². The second-order valence-electron chi connectivity index (χ2n) is 6.41. The molecule has 2 bridgehead atoms. The van der Waals surface area contributed by atoms with E-state index >= 15 is 0 Å². The molecular weight excluding hydrogens is 272 g/mol. The number of carbonyl (C=O) groups is 2. The Morgan fingerprint density at radius 2 is 2.19 bits per heavy atom. The molecule has 1 saturated heterocycles. The Hall–Kier alpha value is -1.82. The topological polar surface area (TPSA) is 82.6 Å². The molecule has 1 aliphatic heterocycles. The van der Waals surface area contributed by atoms with Crippen molar-refractivity contribution in [2.24, 2.45) is 17.8 Å². The highest BCUT2D eigenvalue weighted by atomic mass is 16.5. The lowest BCUT2D eigenvalue weighted by Crippen LogP contribution is -2.44. The Kier molecular flexibility index (Phi) is 2.66. The molecule has 5 unspecified atom stereocenters. The molecule has 6 heteroatoms. The Morgan fingerprint density at radius 1 is 1.38 bits per heavy atom. The van der Waals surface area contributed by atoms with Gasteiger partial charge in [0.05, 0.1) is 17.7 Å². The minimum Gasteiger partial charge on any atom is -0.477 e. The second-order valence-corrected chi connectivity index (χ2v) is 6.41. The lowest BCUT2D eigenvalue weighted by Gasteiger charge is -2.31. The van der Waals surface area contributed by atoms with E-state index in [-0.39, 0.29) is 23.7 Å². The molecule has 1 amide bonds. The number of aromatic carboxylic acids is 1. The van der Waals surface area contributed by atoms with Crippen molar-refractivity contribution in [3.63, 3.8) is 0 Å². The summed E-state index contributed by atoms with van der Waals surface area (Å²) in [5, 5.41) is 8.95. The zero-order chi connectivity index (χ0) is 14.7. The molecule has 0 radical (unpaired) electrons. The number of methoxy groups -OCH3 is 1. The number of aromatic amines is 1. The van der Waals surface area contributed by atoms with Crippen molar-refractivity contribution in [3.05, 3.63) is 23.5 Å². The zero-order valence-corrected chi connectivity index (χ0v) is 11.8. The highest BCUT2D eigenvalue weighted by Gasteiger charge is 2.60. The molecule has 1 aromatic heterocycles. The van der Waals surface area contributed by atoms with E-state index in [1.807, 2.05) is 4.90 Å². The van der Waals surface area contributed by atoms with Crippen LogP contribution in [0.2, 0.25) is 0 Å². The third kappa shape index (κ3) is 1.68. The molecule has 0 aromatic carbocycles. The van der Waals surface area contributed by atoms with Crippen molar-refractivity contribution in [1.82, 2.24) is 9.88 Å². The van der Waals surface area contributed by atoms with E-state index in [0.717, 1.165) is 19.4 Å². The number of hydrogen-bond acceptors (Lipinski definition) is 3. The number of amides is 1. The van der Waals surface area contributed by atoms with Gasteiger partial charge >= 0.3 is 5.97 Å². The van der Waals surface area contributed by atoms with Gasteiger partial charge in [-0.3, -0.25) is 4.79 Å². The number of ether oxygens (including phenoxy) is 1. The number of H-pyrrole nitrogens is 1. The van der Waals surface area contributed by atoms with E-state index in [2.05, 4.69) is 4.98 Å². The highest BCUT2D eigenvalue weighted by Crippen LogP contribution is 2.55. The van der Waals surface area contributed by atoms with Crippen molar-refractivity contribution in [2.75, 3.05) is 13.7 Å². The molecule has 1 aromatic rings. The normalized spacial score (nSPS) is 36.4. The van der Waals surface area contributed by atoms with Gasteiger partial charge in [0.2, 0.25) is 0 Å². The van der Waals surface area contributed by atoms with E-state index in [0.29, 0.717) is 23.3 Å². The first-order valence-corrected chi connectivity index (χ1v) is 7.35. The summed E-state index contributed by atoms with van der Waals surface area (Å²) in [5.74, 6) is 0.593. The van der Waals surface area contributed by atoms with Crippen LogP contribution in [0.3, 0.4) is 0 Å². The van der Waals surface area contributed by atoms with E-state index in [9.17, 15) is 9.59 Å². The quantitative estimate of drug-likeness (QED) is 0.876. The van der Waals surface area contributed by atoms with Gasteiger partial charge in [-0.25, -0.2) is 4.79 Å². The van der Waals surface area contributed by atoms with E-state index in [1.54, 1.807) is 7.11 Å². The first-order chi connectivity index (χ1) is 10.1. The molecule has 2 aliphatic carbocycles. The maximum atomic E-state index is 12.7. The number of aromatic nitrogens is 1. The molecule has 0 spiro atoms. The molecule has 2 N–H and O–H groups in total. The highest BCUT2D eigenvalue weighted by molar-refractivity contribution is 5.97. The molecule has 6 nitrogen and oxygen atoms in total. The minimum atomic E-state index is -1.05. The van der Waals surface area contributed by atoms with Crippen LogP contribution in [0.25, 0.3) is 0 Å². The smallest absolute Gasteiger partial charge is 0.352 e. The predicted octanol–water partition coefficient (Wildman–Crippen LogP) is 1.21. The molecular formula is C15H18N2O4. The zero-order valence-electron chi connectivity index (χ0n) is 11.8. The molecule has 3 aliphatic rings. The van der Waals surface area contributed by atoms with Gasteiger partial charge in [-0.2, -0.15) is 0 Å². The van der Waals surface area contributed by atoms with Crippen LogP contribution in [0.1, 0.15) is 33.7 Å².